The van der Waals surface area contributed by atoms with E-state index in [1.165, 1.54) is 16.7 Å². The summed E-state index contributed by atoms with van der Waals surface area (Å²) in [5, 5.41) is 9.83. The largest absolute Gasteiger partial charge is 0.393 e. The molecule has 1 aromatic heterocycles. The molecule has 1 aliphatic carbocycles. The van der Waals surface area contributed by atoms with Crippen LogP contribution in [0.1, 0.15) is 12.8 Å². The monoisotopic (exact) mass is 284 g/mol. The minimum Gasteiger partial charge on any atom is -0.393 e. The first-order chi connectivity index (χ1) is 8.98. The van der Waals surface area contributed by atoms with Gasteiger partial charge in [-0.1, -0.05) is 0 Å². The third-order valence-electron chi connectivity index (χ3n) is 4.07. The highest BCUT2D eigenvalue weighted by molar-refractivity contribution is 7.89. The van der Waals surface area contributed by atoms with Crippen LogP contribution in [0.4, 0.5) is 5.95 Å². The maximum atomic E-state index is 12.4. The standard InChI is InChI=1S/C11H16N4O3S/c12-11-13-3-8(4-14-11)19(17,18)15-5-7-1-2-10(16)9(7)6-15/h3-4,7,9-10,16H,1-2,5-6H2,(H2,12,13,14). The number of aromatic nitrogens is 2. The molecule has 1 saturated carbocycles. The Kier molecular flexibility index (Phi) is 2.95. The highest BCUT2D eigenvalue weighted by atomic mass is 32.2. The summed E-state index contributed by atoms with van der Waals surface area (Å²) < 4.78 is 26.2. The molecule has 0 spiro atoms. The molecule has 0 aromatic carbocycles. The summed E-state index contributed by atoms with van der Waals surface area (Å²) in [6.45, 7) is 0.840. The SMILES string of the molecule is Nc1ncc(S(=O)(=O)N2CC3CCC(O)C3C2)cn1. The van der Waals surface area contributed by atoms with Crippen LogP contribution in [0.15, 0.2) is 17.3 Å². The lowest BCUT2D eigenvalue weighted by Crippen LogP contribution is -2.31. The first kappa shape index (κ1) is 12.8. The van der Waals surface area contributed by atoms with Gasteiger partial charge in [0.15, 0.2) is 0 Å². The van der Waals surface area contributed by atoms with Crippen LogP contribution < -0.4 is 5.73 Å². The first-order valence-corrected chi connectivity index (χ1v) is 7.68. The highest BCUT2D eigenvalue weighted by Gasteiger charge is 2.45. The first-order valence-electron chi connectivity index (χ1n) is 6.24. The molecule has 1 aromatic rings. The minimum absolute atomic E-state index is 0.0488. The molecule has 7 nitrogen and oxygen atoms in total. The topological polar surface area (TPSA) is 109 Å². The molecule has 2 aliphatic rings. The van der Waals surface area contributed by atoms with Crippen LogP contribution in [0.5, 0.6) is 0 Å². The normalized spacial score (nSPS) is 31.5. The number of anilines is 1. The van der Waals surface area contributed by atoms with Crippen molar-refractivity contribution in [3.8, 4) is 0 Å². The zero-order valence-electron chi connectivity index (χ0n) is 10.3. The predicted octanol–water partition coefficient (Wildman–Crippen LogP) is -0.550. The zero-order valence-corrected chi connectivity index (χ0v) is 11.1. The van der Waals surface area contributed by atoms with Crippen LogP contribution in [0.25, 0.3) is 0 Å². The van der Waals surface area contributed by atoms with E-state index in [0.717, 1.165) is 12.8 Å². The second-order valence-electron chi connectivity index (χ2n) is 5.17. The van der Waals surface area contributed by atoms with Gasteiger partial charge in [0.1, 0.15) is 4.90 Å². The van der Waals surface area contributed by atoms with Crippen LogP contribution in [0.3, 0.4) is 0 Å². The molecule has 3 atom stereocenters. The molecule has 1 aliphatic heterocycles. The molecule has 0 radical (unpaired) electrons. The third-order valence-corrected chi connectivity index (χ3v) is 5.86. The van der Waals surface area contributed by atoms with E-state index < -0.39 is 10.0 Å². The molecule has 0 bridgehead atoms. The molecule has 19 heavy (non-hydrogen) atoms. The van der Waals surface area contributed by atoms with E-state index in [0.29, 0.717) is 13.1 Å². The van der Waals surface area contributed by atoms with Crippen LogP contribution in [-0.4, -0.2) is 47.0 Å². The number of aliphatic hydroxyl groups is 1. The van der Waals surface area contributed by atoms with Crippen molar-refractivity contribution in [2.75, 3.05) is 18.8 Å². The Hall–Kier alpha value is -1.25. The van der Waals surface area contributed by atoms with Gasteiger partial charge in [0.2, 0.25) is 16.0 Å². The summed E-state index contributed by atoms with van der Waals surface area (Å²) in [5.41, 5.74) is 5.35. The highest BCUT2D eigenvalue weighted by Crippen LogP contribution is 2.39. The molecule has 0 amide bonds. The quantitative estimate of drug-likeness (QED) is 0.754. The Labute approximate surface area is 111 Å². The summed E-state index contributed by atoms with van der Waals surface area (Å²) in [4.78, 5) is 7.48. The molecule has 3 rings (SSSR count). The van der Waals surface area contributed by atoms with Gasteiger partial charge in [0, 0.05) is 19.0 Å². The Balaban J connectivity index is 1.84. The number of sulfonamides is 1. The summed E-state index contributed by atoms with van der Waals surface area (Å²) in [7, 11) is -3.58. The molecule has 8 heteroatoms. The van der Waals surface area contributed by atoms with Gasteiger partial charge in [-0.25, -0.2) is 18.4 Å². The predicted molar refractivity (Wildman–Crippen MR) is 67.4 cm³/mol. The molecular formula is C11H16N4O3S. The maximum absolute atomic E-state index is 12.4. The Morgan fingerprint density at radius 2 is 1.95 bits per heavy atom. The van der Waals surface area contributed by atoms with Crippen LogP contribution in [-0.2, 0) is 10.0 Å². The van der Waals surface area contributed by atoms with Crippen molar-refractivity contribution in [2.24, 2.45) is 11.8 Å². The molecular weight excluding hydrogens is 268 g/mol. The smallest absolute Gasteiger partial charge is 0.246 e. The van der Waals surface area contributed by atoms with Crippen molar-refractivity contribution in [3.63, 3.8) is 0 Å². The molecule has 3 N–H and O–H groups in total. The van der Waals surface area contributed by atoms with Crippen molar-refractivity contribution in [2.45, 2.75) is 23.8 Å². The van der Waals surface area contributed by atoms with Crippen molar-refractivity contribution in [1.29, 1.82) is 0 Å². The second-order valence-corrected chi connectivity index (χ2v) is 7.11. The number of fused-ring (bicyclic) bond motifs is 1. The lowest BCUT2D eigenvalue weighted by molar-refractivity contribution is 0.129. The van der Waals surface area contributed by atoms with E-state index in [-0.39, 0.29) is 28.8 Å². The van der Waals surface area contributed by atoms with E-state index in [1.807, 2.05) is 0 Å². The van der Waals surface area contributed by atoms with E-state index in [2.05, 4.69) is 9.97 Å². The van der Waals surface area contributed by atoms with Gasteiger partial charge in [-0.3, -0.25) is 0 Å². The van der Waals surface area contributed by atoms with E-state index >= 15 is 0 Å². The fourth-order valence-corrected chi connectivity index (χ4v) is 4.43. The van der Waals surface area contributed by atoms with Gasteiger partial charge < -0.3 is 10.8 Å². The molecule has 104 valence electrons. The number of rotatable bonds is 2. The number of nitrogens with zero attached hydrogens (tertiary/aromatic N) is 3. The lowest BCUT2D eigenvalue weighted by Gasteiger charge is -2.17. The fraction of sp³-hybridized carbons (Fsp3) is 0.636. The zero-order chi connectivity index (χ0) is 13.6. The number of hydrogen-bond donors (Lipinski definition) is 2. The number of nitrogens with two attached hydrogens (primary N) is 1. The van der Waals surface area contributed by atoms with Gasteiger partial charge in [0.25, 0.3) is 0 Å². The van der Waals surface area contributed by atoms with Crippen molar-refractivity contribution in [3.05, 3.63) is 12.4 Å². The fourth-order valence-electron chi connectivity index (χ4n) is 3.00. The van der Waals surface area contributed by atoms with E-state index in [9.17, 15) is 13.5 Å². The lowest BCUT2D eigenvalue weighted by atomic mass is 10.00. The average molecular weight is 284 g/mol. The number of hydrogen-bond acceptors (Lipinski definition) is 6. The van der Waals surface area contributed by atoms with Crippen LogP contribution >= 0.6 is 0 Å². The summed E-state index contributed by atoms with van der Waals surface area (Å²) >= 11 is 0. The third kappa shape index (κ3) is 2.09. The van der Waals surface area contributed by atoms with Gasteiger partial charge in [-0.2, -0.15) is 4.31 Å². The van der Waals surface area contributed by atoms with E-state index in [4.69, 9.17) is 5.73 Å². The molecule has 3 unspecified atom stereocenters. The molecule has 2 heterocycles. The summed E-state index contributed by atoms with van der Waals surface area (Å²) in [6.07, 6.45) is 3.72. The van der Waals surface area contributed by atoms with Crippen molar-refractivity contribution >= 4 is 16.0 Å². The van der Waals surface area contributed by atoms with Crippen LogP contribution in [0, 0.1) is 11.8 Å². The minimum atomic E-state index is -3.58. The average Bonchev–Trinajstić information content (AvgIpc) is 2.93. The van der Waals surface area contributed by atoms with Crippen LogP contribution in [0.2, 0.25) is 0 Å². The number of aliphatic hydroxyl groups excluding tert-OH is 1. The van der Waals surface area contributed by atoms with Crippen molar-refractivity contribution in [1.82, 2.24) is 14.3 Å². The van der Waals surface area contributed by atoms with Crippen molar-refractivity contribution < 1.29 is 13.5 Å². The number of nitrogen functional groups attached to an aromatic ring is 1. The summed E-state index contributed by atoms with van der Waals surface area (Å²) in [5.74, 6) is 0.372. The van der Waals surface area contributed by atoms with Gasteiger partial charge >= 0.3 is 0 Å². The second kappa shape index (κ2) is 4.39. The Morgan fingerprint density at radius 1 is 1.26 bits per heavy atom. The van der Waals surface area contributed by atoms with Gasteiger partial charge in [0.05, 0.1) is 18.5 Å². The maximum Gasteiger partial charge on any atom is 0.246 e. The molecule has 1 saturated heterocycles. The molecule has 2 fully saturated rings. The summed E-state index contributed by atoms with van der Waals surface area (Å²) in [6, 6.07) is 0. The Bertz CT molecular complexity index is 574. The Morgan fingerprint density at radius 3 is 2.58 bits per heavy atom. The van der Waals surface area contributed by atoms with E-state index in [1.54, 1.807) is 0 Å². The van der Waals surface area contributed by atoms with Gasteiger partial charge in [-0.15, -0.1) is 0 Å². The van der Waals surface area contributed by atoms with Gasteiger partial charge in [-0.05, 0) is 18.8 Å².